The maximum atomic E-state index is 13.6. The molecule has 29 heavy (non-hydrogen) atoms. The molecule has 1 aliphatic carbocycles. The number of thioether (sulfide) groups is 1. The summed E-state index contributed by atoms with van der Waals surface area (Å²) >= 11 is 1.59. The molecule has 0 saturated heterocycles. The first-order valence-corrected chi connectivity index (χ1v) is 12.4. The minimum absolute atomic E-state index is 0.0401. The van der Waals surface area contributed by atoms with Gasteiger partial charge < -0.3 is 9.73 Å². The van der Waals surface area contributed by atoms with Crippen molar-refractivity contribution in [2.75, 3.05) is 5.32 Å². The van der Waals surface area contributed by atoms with Gasteiger partial charge in [-0.2, -0.15) is 4.31 Å². The summed E-state index contributed by atoms with van der Waals surface area (Å²) in [6.45, 7) is 2.22. The lowest BCUT2D eigenvalue weighted by atomic mass is 9.95. The number of carbonyl (C=O) groups is 1. The van der Waals surface area contributed by atoms with E-state index in [0.29, 0.717) is 17.9 Å². The van der Waals surface area contributed by atoms with Crippen LogP contribution in [0.4, 0.5) is 5.69 Å². The quantitative estimate of drug-likeness (QED) is 0.742. The Morgan fingerprint density at radius 3 is 2.72 bits per heavy atom. The Balaban J connectivity index is 1.69. The number of fused-ring (bicyclic) bond motifs is 1. The summed E-state index contributed by atoms with van der Waals surface area (Å²) in [6.07, 6.45) is 6.90. The van der Waals surface area contributed by atoms with E-state index in [0.717, 1.165) is 37.0 Å². The van der Waals surface area contributed by atoms with E-state index < -0.39 is 10.0 Å². The highest BCUT2D eigenvalue weighted by molar-refractivity contribution is 8.00. The van der Waals surface area contributed by atoms with Crippen LogP contribution < -0.4 is 5.32 Å². The zero-order valence-corrected chi connectivity index (χ0v) is 18.1. The van der Waals surface area contributed by atoms with Crippen molar-refractivity contribution in [2.45, 2.75) is 73.1 Å². The third-order valence-corrected chi connectivity index (χ3v) is 8.58. The van der Waals surface area contributed by atoms with Crippen LogP contribution in [-0.2, 0) is 21.4 Å². The first kappa shape index (κ1) is 20.5. The van der Waals surface area contributed by atoms with Crippen molar-refractivity contribution >= 4 is 33.4 Å². The van der Waals surface area contributed by atoms with Crippen LogP contribution in [0.25, 0.3) is 0 Å². The predicted octanol–water partition coefficient (Wildman–Crippen LogP) is 4.63. The van der Waals surface area contributed by atoms with Gasteiger partial charge in [0.25, 0.3) is 0 Å². The first-order valence-electron chi connectivity index (χ1n) is 10.1. The van der Waals surface area contributed by atoms with E-state index >= 15 is 0 Å². The second kappa shape index (κ2) is 8.53. The zero-order valence-electron chi connectivity index (χ0n) is 16.5. The number of benzene rings is 1. The molecule has 1 aromatic heterocycles. The molecule has 1 atom stereocenters. The number of hydrogen-bond donors (Lipinski definition) is 1. The number of nitrogens with zero attached hydrogens (tertiary/aromatic N) is 1. The fourth-order valence-electron chi connectivity index (χ4n) is 4.06. The molecule has 4 rings (SSSR count). The Morgan fingerprint density at radius 1 is 1.21 bits per heavy atom. The molecule has 1 fully saturated rings. The molecule has 2 aliphatic rings. The van der Waals surface area contributed by atoms with Crippen molar-refractivity contribution in [1.82, 2.24) is 4.31 Å². The van der Waals surface area contributed by atoms with Crippen LogP contribution in [0.5, 0.6) is 0 Å². The van der Waals surface area contributed by atoms with Crippen molar-refractivity contribution in [3.8, 4) is 0 Å². The molecule has 156 valence electrons. The molecule has 8 heteroatoms. The van der Waals surface area contributed by atoms with Crippen LogP contribution in [-0.4, -0.2) is 29.9 Å². The van der Waals surface area contributed by atoms with Crippen LogP contribution in [0.2, 0.25) is 0 Å². The Morgan fingerprint density at radius 2 is 2.00 bits per heavy atom. The Kier molecular flexibility index (Phi) is 6.03. The fourth-order valence-corrected chi connectivity index (χ4v) is 6.79. The summed E-state index contributed by atoms with van der Waals surface area (Å²) in [4.78, 5) is 13.2. The number of carbonyl (C=O) groups excluding carboxylic acids is 1. The van der Waals surface area contributed by atoms with Gasteiger partial charge in [-0.05, 0) is 43.2 Å². The number of sulfonamides is 1. The van der Waals surface area contributed by atoms with Crippen molar-refractivity contribution in [1.29, 1.82) is 0 Å². The van der Waals surface area contributed by atoms with Crippen LogP contribution in [0.1, 0.15) is 51.2 Å². The van der Waals surface area contributed by atoms with E-state index in [4.69, 9.17) is 4.42 Å². The molecular weight excluding hydrogens is 408 g/mol. The van der Waals surface area contributed by atoms with Gasteiger partial charge in [-0.25, -0.2) is 8.42 Å². The number of anilines is 1. The van der Waals surface area contributed by atoms with E-state index in [1.54, 1.807) is 52.7 Å². The van der Waals surface area contributed by atoms with Crippen LogP contribution in [0, 0.1) is 0 Å². The number of hydrogen-bond acceptors (Lipinski definition) is 5. The van der Waals surface area contributed by atoms with E-state index in [1.165, 1.54) is 0 Å². The van der Waals surface area contributed by atoms with Gasteiger partial charge in [0.2, 0.25) is 15.9 Å². The molecule has 6 nitrogen and oxygen atoms in total. The molecule has 0 unspecified atom stereocenters. The maximum Gasteiger partial charge on any atom is 0.243 e. The third kappa shape index (κ3) is 4.54. The highest BCUT2D eigenvalue weighted by atomic mass is 32.2. The van der Waals surface area contributed by atoms with Crippen LogP contribution in [0.15, 0.2) is 50.8 Å². The van der Waals surface area contributed by atoms with Crippen molar-refractivity contribution in [2.24, 2.45) is 0 Å². The smallest absolute Gasteiger partial charge is 0.243 e. The zero-order chi connectivity index (χ0) is 20.4. The van der Waals surface area contributed by atoms with Crippen molar-refractivity contribution < 1.29 is 17.6 Å². The summed E-state index contributed by atoms with van der Waals surface area (Å²) < 4.78 is 34.3. The topological polar surface area (TPSA) is 79.6 Å². The van der Waals surface area contributed by atoms with E-state index in [1.807, 2.05) is 6.92 Å². The van der Waals surface area contributed by atoms with Crippen LogP contribution >= 0.6 is 11.8 Å². The standard InChI is InChI=1S/C21H26N2O4S2/c1-15-12-21(24)22-19-13-18(9-10-20(19)28-15)29(25,26)23(14-17-8-5-11-27-17)16-6-3-2-4-7-16/h5,8-11,13,15-16H,2-4,6-7,12,14H2,1H3,(H,22,24)/t15-/m0/s1. The Labute approximate surface area is 176 Å². The van der Waals surface area contributed by atoms with Crippen LogP contribution in [0.3, 0.4) is 0 Å². The molecule has 0 bridgehead atoms. The normalized spacial score (nSPS) is 20.9. The van der Waals surface area contributed by atoms with Gasteiger partial charge in [0.15, 0.2) is 0 Å². The lowest BCUT2D eigenvalue weighted by molar-refractivity contribution is -0.116. The first-order chi connectivity index (χ1) is 13.9. The largest absolute Gasteiger partial charge is 0.468 e. The molecule has 1 aromatic carbocycles. The summed E-state index contributed by atoms with van der Waals surface area (Å²) in [6, 6.07) is 8.61. The lowest BCUT2D eigenvalue weighted by Crippen LogP contribution is -2.40. The molecule has 2 aromatic rings. The maximum absolute atomic E-state index is 13.6. The van der Waals surface area contributed by atoms with Gasteiger partial charge in [-0.15, -0.1) is 11.8 Å². The minimum Gasteiger partial charge on any atom is -0.468 e. The average Bonchev–Trinajstić information content (AvgIpc) is 3.16. The minimum atomic E-state index is -3.74. The van der Waals surface area contributed by atoms with Gasteiger partial charge >= 0.3 is 0 Å². The molecule has 0 radical (unpaired) electrons. The molecular formula is C21H26N2O4S2. The lowest BCUT2D eigenvalue weighted by Gasteiger charge is -2.33. The molecule has 0 spiro atoms. The molecule has 2 heterocycles. The second-order valence-corrected chi connectivity index (χ2v) is 11.1. The monoisotopic (exact) mass is 434 g/mol. The summed E-state index contributed by atoms with van der Waals surface area (Å²) in [5.41, 5.74) is 0.576. The number of rotatable bonds is 5. The summed E-state index contributed by atoms with van der Waals surface area (Å²) in [5.74, 6) is 0.546. The number of furan rings is 1. The van der Waals surface area contributed by atoms with E-state index in [2.05, 4.69) is 5.32 Å². The van der Waals surface area contributed by atoms with Gasteiger partial charge in [0.05, 0.1) is 23.4 Å². The number of amides is 1. The van der Waals surface area contributed by atoms with Crippen molar-refractivity contribution in [3.63, 3.8) is 0 Å². The molecule has 1 N–H and O–H groups in total. The molecule has 1 amide bonds. The van der Waals surface area contributed by atoms with E-state index in [-0.39, 0.29) is 28.6 Å². The number of nitrogens with one attached hydrogen (secondary N) is 1. The van der Waals surface area contributed by atoms with Crippen molar-refractivity contribution in [3.05, 3.63) is 42.4 Å². The van der Waals surface area contributed by atoms with Gasteiger partial charge in [-0.3, -0.25) is 4.79 Å². The van der Waals surface area contributed by atoms with Gasteiger partial charge in [-0.1, -0.05) is 26.2 Å². The predicted molar refractivity (Wildman–Crippen MR) is 113 cm³/mol. The molecule has 1 saturated carbocycles. The Bertz CT molecular complexity index is 967. The average molecular weight is 435 g/mol. The van der Waals surface area contributed by atoms with Gasteiger partial charge in [0, 0.05) is 22.6 Å². The highest BCUT2D eigenvalue weighted by Crippen LogP contribution is 2.37. The Hall–Kier alpha value is -1.77. The second-order valence-electron chi connectivity index (χ2n) is 7.76. The third-order valence-electron chi connectivity index (χ3n) is 5.51. The highest BCUT2D eigenvalue weighted by Gasteiger charge is 2.34. The summed E-state index contributed by atoms with van der Waals surface area (Å²) in [5, 5.41) is 3.02. The van der Waals surface area contributed by atoms with E-state index in [9.17, 15) is 13.2 Å². The fraction of sp³-hybridized carbons (Fsp3) is 0.476. The van der Waals surface area contributed by atoms with Gasteiger partial charge in [0.1, 0.15) is 5.76 Å². The summed E-state index contributed by atoms with van der Waals surface area (Å²) in [7, 11) is -3.74. The molecule has 1 aliphatic heterocycles. The SMILES string of the molecule is C[C@H]1CC(=O)Nc2cc(S(=O)(=O)N(Cc3ccco3)C3CCCCC3)ccc2S1.